The fourth-order valence-corrected chi connectivity index (χ4v) is 2.62. The third-order valence-corrected chi connectivity index (χ3v) is 3.90. The van der Waals surface area contributed by atoms with E-state index in [-0.39, 0.29) is 11.9 Å². The Balaban J connectivity index is 3.04. The molecule has 1 aromatic carbocycles. The predicted molar refractivity (Wildman–Crippen MR) is 84.1 cm³/mol. The van der Waals surface area contributed by atoms with E-state index < -0.39 is 0 Å². The average molecular weight is 431 g/mol. The Morgan fingerprint density at radius 3 is 2.71 bits per heavy atom. The van der Waals surface area contributed by atoms with Crippen molar-refractivity contribution in [2.24, 2.45) is 0 Å². The normalized spacial score (nSPS) is 10.7. The van der Waals surface area contributed by atoms with Crippen LogP contribution in [0.4, 0.5) is 0 Å². The topological polar surface area (TPSA) is 20.3 Å². The monoisotopic (exact) mass is 429 g/mol. The Morgan fingerprint density at radius 2 is 2.18 bits per heavy atom. The highest BCUT2D eigenvalue weighted by atomic mass is 127. The summed E-state index contributed by atoms with van der Waals surface area (Å²) in [5.41, 5.74) is 0.674. The molecule has 1 rings (SSSR count). The SMILES string of the molecule is CC(C)N(CCBr)C(=O)c1cc(Cl)ccc1I. The molecule has 94 valence electrons. The summed E-state index contributed by atoms with van der Waals surface area (Å²) < 4.78 is 0.928. The maximum atomic E-state index is 12.4. The summed E-state index contributed by atoms with van der Waals surface area (Å²) in [4.78, 5) is 14.2. The first kappa shape index (κ1) is 15.2. The van der Waals surface area contributed by atoms with Gasteiger partial charge in [-0.1, -0.05) is 27.5 Å². The molecule has 0 saturated heterocycles. The first-order valence-corrected chi connectivity index (χ1v) is 7.87. The largest absolute Gasteiger partial charge is 0.335 e. The minimum Gasteiger partial charge on any atom is -0.335 e. The maximum absolute atomic E-state index is 12.4. The number of alkyl halides is 1. The smallest absolute Gasteiger partial charge is 0.255 e. The molecule has 0 spiro atoms. The van der Waals surface area contributed by atoms with Gasteiger partial charge in [0.15, 0.2) is 0 Å². The number of carbonyl (C=O) groups excluding carboxylic acids is 1. The van der Waals surface area contributed by atoms with Crippen molar-refractivity contribution in [2.45, 2.75) is 19.9 Å². The highest BCUT2D eigenvalue weighted by Gasteiger charge is 2.20. The van der Waals surface area contributed by atoms with Crippen LogP contribution in [0.2, 0.25) is 5.02 Å². The van der Waals surface area contributed by atoms with Gasteiger partial charge in [0.25, 0.3) is 5.91 Å². The first-order chi connectivity index (χ1) is 7.97. The van der Waals surface area contributed by atoms with Gasteiger partial charge in [0.1, 0.15) is 0 Å². The van der Waals surface area contributed by atoms with Crippen LogP contribution in [0.25, 0.3) is 0 Å². The lowest BCUT2D eigenvalue weighted by Gasteiger charge is -2.26. The van der Waals surface area contributed by atoms with E-state index in [1.165, 1.54) is 0 Å². The molecule has 0 radical (unpaired) electrons. The summed E-state index contributed by atoms with van der Waals surface area (Å²) >= 11 is 11.5. The van der Waals surface area contributed by atoms with Gasteiger partial charge in [-0.05, 0) is 54.6 Å². The van der Waals surface area contributed by atoms with Gasteiger partial charge in [-0.25, -0.2) is 0 Å². The molecule has 0 unspecified atom stereocenters. The maximum Gasteiger partial charge on any atom is 0.255 e. The number of halogens is 3. The van der Waals surface area contributed by atoms with Gasteiger partial charge >= 0.3 is 0 Å². The first-order valence-electron chi connectivity index (χ1n) is 5.29. The molecule has 5 heteroatoms. The number of rotatable bonds is 4. The number of nitrogens with zero attached hydrogens (tertiary/aromatic N) is 1. The summed E-state index contributed by atoms with van der Waals surface area (Å²) in [5.74, 6) is 0.0337. The third kappa shape index (κ3) is 4.10. The van der Waals surface area contributed by atoms with Gasteiger partial charge in [-0.3, -0.25) is 4.79 Å². The number of hydrogen-bond donors (Lipinski definition) is 0. The standard InChI is InChI=1S/C12H14BrClINO/c1-8(2)16(6-5-13)12(17)10-7-9(14)3-4-11(10)15/h3-4,7-8H,5-6H2,1-2H3. The molecule has 1 aromatic rings. The number of benzene rings is 1. The molecule has 0 aliphatic carbocycles. The molecule has 0 aliphatic heterocycles. The lowest BCUT2D eigenvalue weighted by molar-refractivity contribution is 0.0718. The Bertz CT molecular complexity index is 411. The average Bonchev–Trinajstić information content (AvgIpc) is 2.28. The molecule has 0 N–H and O–H groups in total. The van der Waals surface area contributed by atoms with E-state index in [0.29, 0.717) is 17.1 Å². The Morgan fingerprint density at radius 1 is 1.53 bits per heavy atom. The summed E-state index contributed by atoms with van der Waals surface area (Å²) in [5, 5.41) is 1.37. The molecule has 0 fully saturated rings. The molecule has 0 aromatic heterocycles. The van der Waals surface area contributed by atoms with E-state index in [1.54, 1.807) is 12.1 Å². The van der Waals surface area contributed by atoms with Gasteiger partial charge in [0.05, 0.1) is 5.56 Å². The molecule has 0 atom stereocenters. The van der Waals surface area contributed by atoms with Gasteiger partial charge < -0.3 is 4.90 Å². The van der Waals surface area contributed by atoms with Crippen LogP contribution in [0.1, 0.15) is 24.2 Å². The molecular weight excluding hydrogens is 416 g/mol. The van der Waals surface area contributed by atoms with Crippen molar-refractivity contribution < 1.29 is 4.79 Å². The van der Waals surface area contributed by atoms with E-state index in [0.717, 1.165) is 8.90 Å². The van der Waals surface area contributed by atoms with E-state index in [4.69, 9.17) is 11.6 Å². The Labute approximate surface area is 129 Å². The van der Waals surface area contributed by atoms with Crippen LogP contribution in [0, 0.1) is 3.57 Å². The van der Waals surface area contributed by atoms with Crippen LogP contribution in [0.15, 0.2) is 18.2 Å². The fourth-order valence-electron chi connectivity index (χ4n) is 1.50. The van der Waals surface area contributed by atoms with Crippen molar-refractivity contribution in [2.75, 3.05) is 11.9 Å². The molecule has 17 heavy (non-hydrogen) atoms. The quantitative estimate of drug-likeness (QED) is 0.518. The van der Waals surface area contributed by atoms with Crippen molar-refractivity contribution in [3.05, 3.63) is 32.4 Å². The second kappa shape index (κ2) is 6.95. The van der Waals surface area contributed by atoms with Gasteiger partial charge in [-0.15, -0.1) is 0 Å². The minimum absolute atomic E-state index is 0.0337. The van der Waals surface area contributed by atoms with E-state index >= 15 is 0 Å². The van der Waals surface area contributed by atoms with Gasteiger partial charge in [-0.2, -0.15) is 0 Å². The van der Waals surface area contributed by atoms with E-state index in [1.807, 2.05) is 24.8 Å². The fraction of sp³-hybridized carbons (Fsp3) is 0.417. The number of hydrogen-bond acceptors (Lipinski definition) is 1. The Kier molecular flexibility index (Phi) is 6.23. The van der Waals surface area contributed by atoms with Crippen LogP contribution in [0.3, 0.4) is 0 Å². The molecule has 0 heterocycles. The van der Waals surface area contributed by atoms with Crippen molar-refractivity contribution in [3.8, 4) is 0 Å². The molecule has 1 amide bonds. The van der Waals surface area contributed by atoms with Crippen LogP contribution in [-0.4, -0.2) is 28.7 Å². The molecule has 2 nitrogen and oxygen atoms in total. The van der Waals surface area contributed by atoms with Crippen molar-refractivity contribution in [3.63, 3.8) is 0 Å². The summed E-state index contributed by atoms with van der Waals surface area (Å²) in [6.45, 7) is 4.72. The van der Waals surface area contributed by atoms with Crippen LogP contribution < -0.4 is 0 Å². The van der Waals surface area contributed by atoms with Crippen molar-refractivity contribution in [1.82, 2.24) is 4.90 Å². The zero-order valence-corrected chi connectivity index (χ0v) is 14.2. The van der Waals surface area contributed by atoms with Crippen LogP contribution in [0.5, 0.6) is 0 Å². The number of carbonyl (C=O) groups is 1. The highest BCUT2D eigenvalue weighted by molar-refractivity contribution is 14.1. The van der Waals surface area contributed by atoms with Crippen molar-refractivity contribution >= 4 is 56.0 Å². The van der Waals surface area contributed by atoms with E-state index in [2.05, 4.69) is 38.5 Å². The predicted octanol–water partition coefficient (Wildman–Crippen LogP) is 4.19. The summed E-state index contributed by atoms with van der Waals surface area (Å²) in [6, 6.07) is 5.57. The van der Waals surface area contributed by atoms with Crippen LogP contribution >= 0.6 is 50.1 Å². The zero-order chi connectivity index (χ0) is 13.0. The number of amides is 1. The lowest BCUT2D eigenvalue weighted by Crippen LogP contribution is -2.38. The molecule has 0 saturated carbocycles. The Hall–Kier alpha value is 0.190. The molecule has 0 bridgehead atoms. The molecule has 0 aliphatic rings. The third-order valence-electron chi connectivity index (χ3n) is 2.37. The van der Waals surface area contributed by atoms with Gasteiger partial charge in [0, 0.05) is 26.5 Å². The second-order valence-corrected chi connectivity index (χ2v) is 6.30. The minimum atomic E-state index is 0.0337. The second-order valence-electron chi connectivity index (χ2n) is 3.91. The molecular formula is C12H14BrClINO. The summed E-state index contributed by atoms with van der Waals surface area (Å²) in [7, 11) is 0. The highest BCUT2D eigenvalue weighted by Crippen LogP contribution is 2.20. The summed E-state index contributed by atoms with van der Waals surface area (Å²) in [6.07, 6.45) is 0. The van der Waals surface area contributed by atoms with E-state index in [9.17, 15) is 4.79 Å². The van der Waals surface area contributed by atoms with Crippen molar-refractivity contribution in [1.29, 1.82) is 0 Å². The van der Waals surface area contributed by atoms with Crippen LogP contribution in [-0.2, 0) is 0 Å². The lowest BCUT2D eigenvalue weighted by atomic mass is 10.1. The zero-order valence-electron chi connectivity index (χ0n) is 9.71. The van der Waals surface area contributed by atoms with Gasteiger partial charge in [0.2, 0.25) is 0 Å².